The van der Waals surface area contributed by atoms with E-state index in [0.717, 1.165) is 27.6 Å². The number of para-hydroxylation sites is 1. The van der Waals surface area contributed by atoms with Crippen molar-refractivity contribution in [3.63, 3.8) is 0 Å². The highest BCUT2D eigenvalue weighted by Crippen LogP contribution is 2.40. The second kappa shape index (κ2) is 9.47. The zero-order chi connectivity index (χ0) is 24.4. The van der Waals surface area contributed by atoms with Crippen molar-refractivity contribution < 1.29 is 19.0 Å². The second-order valence-corrected chi connectivity index (χ2v) is 9.76. The molecule has 180 valence electrons. The lowest BCUT2D eigenvalue weighted by molar-refractivity contribution is -0.158. The Labute approximate surface area is 205 Å². The van der Waals surface area contributed by atoms with E-state index >= 15 is 0 Å². The number of esters is 1. The average molecular weight is 471 g/mol. The predicted octanol–water partition coefficient (Wildman–Crippen LogP) is 5.53. The van der Waals surface area contributed by atoms with Crippen molar-refractivity contribution in [1.82, 2.24) is 10.3 Å². The molecule has 5 rings (SSSR count). The second-order valence-electron chi connectivity index (χ2n) is 9.76. The number of carbonyl (C=O) groups excluding carboxylic acids is 1. The van der Waals surface area contributed by atoms with Gasteiger partial charge in [-0.05, 0) is 55.7 Å². The number of aromatic amines is 1. The third-order valence-electron chi connectivity index (χ3n) is 6.08. The van der Waals surface area contributed by atoms with Crippen molar-refractivity contribution >= 4 is 16.9 Å². The summed E-state index contributed by atoms with van der Waals surface area (Å²) in [6.07, 6.45) is 1.99. The summed E-state index contributed by atoms with van der Waals surface area (Å²) in [7, 11) is 0. The molecule has 0 unspecified atom stereocenters. The first-order chi connectivity index (χ1) is 16.9. The van der Waals surface area contributed by atoms with Crippen LogP contribution in [0.5, 0.6) is 11.5 Å². The van der Waals surface area contributed by atoms with Gasteiger partial charge in [0.05, 0.1) is 0 Å². The summed E-state index contributed by atoms with van der Waals surface area (Å²) in [5, 5.41) is 4.58. The largest absolute Gasteiger partial charge is 0.459 e. The molecule has 0 amide bonds. The summed E-state index contributed by atoms with van der Waals surface area (Å²) in [4.78, 5) is 17.1. The highest BCUT2D eigenvalue weighted by molar-refractivity contribution is 5.87. The fourth-order valence-corrected chi connectivity index (χ4v) is 4.54. The van der Waals surface area contributed by atoms with Crippen molar-refractivity contribution in [2.24, 2.45) is 0 Å². The Morgan fingerprint density at radius 1 is 1.00 bits per heavy atom. The van der Waals surface area contributed by atoms with E-state index in [-0.39, 0.29) is 18.7 Å². The maximum Gasteiger partial charge on any atom is 0.324 e. The Morgan fingerprint density at radius 3 is 2.54 bits per heavy atom. The molecule has 0 spiro atoms. The van der Waals surface area contributed by atoms with Gasteiger partial charge in [-0.3, -0.25) is 10.1 Å². The molecule has 0 saturated carbocycles. The van der Waals surface area contributed by atoms with Crippen LogP contribution in [0.2, 0.25) is 0 Å². The van der Waals surface area contributed by atoms with Gasteiger partial charge in [0.2, 0.25) is 6.79 Å². The zero-order valence-electron chi connectivity index (χ0n) is 20.2. The van der Waals surface area contributed by atoms with Gasteiger partial charge < -0.3 is 19.2 Å². The Bertz CT molecular complexity index is 1320. The monoisotopic (exact) mass is 470 g/mol. The van der Waals surface area contributed by atoms with Crippen molar-refractivity contribution in [2.75, 3.05) is 6.79 Å². The lowest BCUT2D eigenvalue weighted by Crippen LogP contribution is -2.45. The first-order valence-electron chi connectivity index (χ1n) is 11.8. The quantitative estimate of drug-likeness (QED) is 0.348. The van der Waals surface area contributed by atoms with E-state index < -0.39 is 11.6 Å². The molecule has 0 bridgehead atoms. The van der Waals surface area contributed by atoms with E-state index in [1.165, 1.54) is 0 Å². The Morgan fingerprint density at radius 2 is 1.74 bits per heavy atom. The number of carbonyl (C=O) groups is 1. The van der Waals surface area contributed by atoms with Gasteiger partial charge in [0.25, 0.3) is 0 Å². The molecule has 2 atom stereocenters. The Hall–Kier alpha value is -3.77. The van der Waals surface area contributed by atoms with E-state index in [4.69, 9.17) is 14.2 Å². The molecule has 3 aromatic carbocycles. The summed E-state index contributed by atoms with van der Waals surface area (Å²) >= 11 is 0. The molecule has 1 aromatic heterocycles. The number of hydrogen-bond acceptors (Lipinski definition) is 5. The third-order valence-corrected chi connectivity index (χ3v) is 6.08. The molecule has 4 aromatic rings. The molecule has 0 fully saturated rings. The number of aromatic nitrogens is 1. The van der Waals surface area contributed by atoms with E-state index in [0.29, 0.717) is 18.0 Å². The van der Waals surface area contributed by atoms with Crippen LogP contribution < -0.4 is 14.8 Å². The molecule has 1 aliphatic heterocycles. The SMILES string of the molecule is CC(C)(C)OC(=O)[C@@H](NCc1ccccc1)[C@H](c1ccc2c(c1)OCO2)c1c[nH]c2ccccc12. The molecule has 1 aliphatic rings. The van der Waals surface area contributed by atoms with Gasteiger partial charge in [-0.2, -0.15) is 0 Å². The maximum atomic E-state index is 13.7. The minimum absolute atomic E-state index is 0.193. The molecular formula is C29H30N2O4. The van der Waals surface area contributed by atoms with Crippen molar-refractivity contribution in [2.45, 2.75) is 44.9 Å². The minimum Gasteiger partial charge on any atom is -0.459 e. The summed E-state index contributed by atoms with van der Waals surface area (Å²) in [6, 6.07) is 23.4. The van der Waals surface area contributed by atoms with Crippen LogP contribution >= 0.6 is 0 Å². The number of benzene rings is 3. The average Bonchev–Trinajstić information content (AvgIpc) is 3.48. The van der Waals surface area contributed by atoms with Crippen LogP contribution in [-0.2, 0) is 16.1 Å². The van der Waals surface area contributed by atoms with Gasteiger partial charge in [0, 0.05) is 29.6 Å². The van der Waals surface area contributed by atoms with Gasteiger partial charge in [0.1, 0.15) is 11.6 Å². The fourth-order valence-electron chi connectivity index (χ4n) is 4.54. The fraction of sp³-hybridized carbons (Fsp3) is 0.276. The lowest BCUT2D eigenvalue weighted by Gasteiger charge is -2.30. The smallest absolute Gasteiger partial charge is 0.324 e. The number of hydrogen-bond donors (Lipinski definition) is 2. The van der Waals surface area contributed by atoms with Gasteiger partial charge in [0.15, 0.2) is 11.5 Å². The molecule has 0 saturated heterocycles. The summed E-state index contributed by atoms with van der Waals surface area (Å²) in [5.74, 6) is 0.747. The van der Waals surface area contributed by atoms with Crippen LogP contribution in [0.3, 0.4) is 0 Å². The highest BCUT2D eigenvalue weighted by atomic mass is 16.7. The molecule has 2 heterocycles. The van der Waals surface area contributed by atoms with Crippen LogP contribution in [0.4, 0.5) is 0 Å². The Balaban J connectivity index is 1.61. The van der Waals surface area contributed by atoms with Crippen LogP contribution in [0.15, 0.2) is 79.0 Å². The molecule has 35 heavy (non-hydrogen) atoms. The molecule has 6 nitrogen and oxygen atoms in total. The summed E-state index contributed by atoms with van der Waals surface area (Å²) in [6.45, 7) is 6.38. The van der Waals surface area contributed by atoms with Crippen LogP contribution in [0, 0.1) is 0 Å². The number of nitrogens with one attached hydrogen (secondary N) is 2. The van der Waals surface area contributed by atoms with Crippen LogP contribution in [0.1, 0.15) is 43.4 Å². The topological polar surface area (TPSA) is 72.6 Å². The van der Waals surface area contributed by atoms with Crippen molar-refractivity contribution in [1.29, 1.82) is 0 Å². The first-order valence-corrected chi connectivity index (χ1v) is 11.8. The molecule has 0 aliphatic carbocycles. The number of H-pyrrole nitrogens is 1. The van der Waals surface area contributed by atoms with Gasteiger partial charge in [-0.1, -0.05) is 54.6 Å². The minimum atomic E-state index is -0.644. The number of ether oxygens (including phenoxy) is 3. The number of fused-ring (bicyclic) bond motifs is 2. The molecule has 2 N–H and O–H groups in total. The first kappa shape index (κ1) is 23.0. The summed E-state index contributed by atoms with van der Waals surface area (Å²) < 4.78 is 17.1. The van der Waals surface area contributed by atoms with Gasteiger partial charge >= 0.3 is 5.97 Å². The van der Waals surface area contributed by atoms with Crippen LogP contribution in [-0.4, -0.2) is 29.4 Å². The zero-order valence-corrected chi connectivity index (χ0v) is 20.2. The van der Waals surface area contributed by atoms with Gasteiger partial charge in [-0.25, -0.2) is 0 Å². The van der Waals surface area contributed by atoms with E-state index in [1.807, 2.05) is 93.7 Å². The summed E-state index contributed by atoms with van der Waals surface area (Å²) in [5.41, 5.74) is 3.43. The third kappa shape index (κ3) is 5.03. The molecule has 0 radical (unpaired) electrons. The normalized spacial score (nSPS) is 14.6. The van der Waals surface area contributed by atoms with E-state index in [9.17, 15) is 4.79 Å². The standard InChI is InChI=1S/C29H30N2O4/c1-29(2,3)35-28(32)27(31-16-19-9-5-4-6-10-19)26(20-13-14-24-25(15-20)34-18-33-24)22-17-30-23-12-8-7-11-21(22)23/h4-15,17,26-27,30-31H,16,18H2,1-3H3/t26-,27+/m1/s1. The maximum absolute atomic E-state index is 13.7. The van der Waals surface area contributed by atoms with E-state index in [1.54, 1.807) is 0 Å². The van der Waals surface area contributed by atoms with Gasteiger partial charge in [-0.15, -0.1) is 0 Å². The lowest BCUT2D eigenvalue weighted by atomic mass is 9.84. The van der Waals surface area contributed by atoms with Crippen molar-refractivity contribution in [3.8, 4) is 11.5 Å². The predicted molar refractivity (Wildman–Crippen MR) is 136 cm³/mol. The Kier molecular flexibility index (Phi) is 6.22. The number of rotatable bonds is 7. The van der Waals surface area contributed by atoms with E-state index in [2.05, 4.69) is 16.4 Å². The van der Waals surface area contributed by atoms with Crippen molar-refractivity contribution in [3.05, 3.63) is 95.7 Å². The molecular weight excluding hydrogens is 440 g/mol. The molecule has 6 heteroatoms. The highest BCUT2D eigenvalue weighted by Gasteiger charge is 2.36. The van der Waals surface area contributed by atoms with Crippen LogP contribution in [0.25, 0.3) is 10.9 Å².